The van der Waals surface area contributed by atoms with E-state index in [-0.39, 0.29) is 11.9 Å². The van der Waals surface area contributed by atoms with E-state index < -0.39 is 0 Å². The van der Waals surface area contributed by atoms with E-state index >= 15 is 0 Å². The quantitative estimate of drug-likeness (QED) is 0.529. The van der Waals surface area contributed by atoms with Gasteiger partial charge >= 0.3 is 5.97 Å². The van der Waals surface area contributed by atoms with Gasteiger partial charge in [0.1, 0.15) is 5.75 Å². The molecule has 0 bridgehead atoms. The fourth-order valence-electron chi connectivity index (χ4n) is 1.88. The van der Waals surface area contributed by atoms with Crippen LogP contribution >= 0.6 is 0 Å². The maximum absolute atomic E-state index is 11.5. The Morgan fingerprint density at radius 3 is 3.00 bits per heavy atom. The van der Waals surface area contributed by atoms with Crippen molar-refractivity contribution in [1.82, 2.24) is 0 Å². The Hall–Kier alpha value is -1.31. The number of fused-ring (bicyclic) bond motifs is 1. The van der Waals surface area contributed by atoms with E-state index in [1.165, 1.54) is 0 Å². The van der Waals surface area contributed by atoms with Gasteiger partial charge in [-0.3, -0.25) is 4.79 Å². The van der Waals surface area contributed by atoms with Crippen LogP contribution < -0.4 is 4.74 Å². The van der Waals surface area contributed by atoms with E-state index in [1.807, 2.05) is 24.3 Å². The number of para-hydroxylation sites is 1. The maximum Gasteiger partial charge on any atom is 0.314 e. The third-order valence-corrected chi connectivity index (χ3v) is 2.62. The summed E-state index contributed by atoms with van der Waals surface area (Å²) in [6.07, 6.45) is 2.79. The highest BCUT2D eigenvalue weighted by Gasteiger charge is 2.26. The van der Waals surface area contributed by atoms with Crippen molar-refractivity contribution in [2.75, 3.05) is 0 Å². The number of benzene rings is 1. The summed E-state index contributed by atoms with van der Waals surface area (Å²) >= 11 is 0. The van der Waals surface area contributed by atoms with Gasteiger partial charge in [0.25, 0.3) is 0 Å². The second kappa shape index (κ2) is 3.82. The first-order valence-corrected chi connectivity index (χ1v) is 5.11. The van der Waals surface area contributed by atoms with E-state index in [1.54, 1.807) is 0 Å². The number of carbonyl (C=O) groups excluding carboxylic acids is 1. The molecule has 1 aromatic carbocycles. The maximum atomic E-state index is 11.5. The third kappa shape index (κ3) is 1.65. The minimum atomic E-state index is -0.0643. The summed E-state index contributed by atoms with van der Waals surface area (Å²) in [5.74, 6) is 0.741. The lowest BCUT2D eigenvalue weighted by atomic mass is 9.92. The van der Waals surface area contributed by atoms with Gasteiger partial charge in [-0.25, -0.2) is 0 Å². The molecule has 2 nitrogen and oxygen atoms in total. The van der Waals surface area contributed by atoms with Crippen LogP contribution in [-0.2, 0) is 11.2 Å². The van der Waals surface area contributed by atoms with Gasteiger partial charge in [-0.05, 0) is 24.5 Å². The van der Waals surface area contributed by atoms with Gasteiger partial charge < -0.3 is 4.74 Å². The van der Waals surface area contributed by atoms with Crippen LogP contribution in [0.2, 0.25) is 0 Å². The molecule has 14 heavy (non-hydrogen) atoms. The molecule has 0 unspecified atom stereocenters. The predicted molar refractivity (Wildman–Crippen MR) is 54.2 cm³/mol. The van der Waals surface area contributed by atoms with Gasteiger partial charge in [0.15, 0.2) is 0 Å². The Labute approximate surface area is 83.9 Å². The largest absolute Gasteiger partial charge is 0.426 e. The molecule has 0 fully saturated rings. The van der Waals surface area contributed by atoms with Crippen LogP contribution in [0, 0.1) is 5.92 Å². The monoisotopic (exact) mass is 190 g/mol. The summed E-state index contributed by atoms with van der Waals surface area (Å²) in [6, 6.07) is 7.77. The van der Waals surface area contributed by atoms with Crippen molar-refractivity contribution in [3.63, 3.8) is 0 Å². The van der Waals surface area contributed by atoms with Gasteiger partial charge in [0.2, 0.25) is 0 Å². The predicted octanol–water partition coefficient (Wildman–Crippen LogP) is 2.56. The highest BCUT2D eigenvalue weighted by Crippen LogP contribution is 2.29. The lowest BCUT2D eigenvalue weighted by Gasteiger charge is -2.22. The highest BCUT2D eigenvalue weighted by atomic mass is 16.5. The van der Waals surface area contributed by atoms with E-state index in [0.717, 1.165) is 30.6 Å². The number of hydrogen-bond donors (Lipinski definition) is 0. The van der Waals surface area contributed by atoms with Crippen LogP contribution in [0.15, 0.2) is 24.3 Å². The second-order valence-electron chi connectivity index (χ2n) is 3.72. The van der Waals surface area contributed by atoms with Crippen molar-refractivity contribution in [3.8, 4) is 5.75 Å². The Bertz CT molecular complexity index is 344. The molecule has 1 aromatic rings. The molecule has 0 saturated heterocycles. The number of carbonyl (C=O) groups is 1. The van der Waals surface area contributed by atoms with Crippen LogP contribution in [0.25, 0.3) is 0 Å². The average molecular weight is 190 g/mol. The summed E-state index contributed by atoms with van der Waals surface area (Å²) in [7, 11) is 0. The molecule has 0 amide bonds. The highest BCUT2D eigenvalue weighted by molar-refractivity contribution is 5.77. The fourth-order valence-corrected chi connectivity index (χ4v) is 1.88. The molecule has 0 saturated carbocycles. The van der Waals surface area contributed by atoms with Gasteiger partial charge in [-0.1, -0.05) is 31.5 Å². The summed E-state index contributed by atoms with van der Waals surface area (Å²) in [4.78, 5) is 11.5. The fraction of sp³-hybridized carbons (Fsp3) is 0.417. The van der Waals surface area contributed by atoms with Gasteiger partial charge in [-0.15, -0.1) is 0 Å². The van der Waals surface area contributed by atoms with Crippen molar-refractivity contribution in [2.24, 2.45) is 5.92 Å². The first kappa shape index (κ1) is 9.25. The summed E-state index contributed by atoms with van der Waals surface area (Å²) in [5, 5.41) is 0. The first-order chi connectivity index (χ1) is 6.81. The summed E-state index contributed by atoms with van der Waals surface area (Å²) < 4.78 is 5.26. The molecule has 0 aromatic heterocycles. The Balaban J connectivity index is 2.22. The molecule has 1 aliphatic heterocycles. The van der Waals surface area contributed by atoms with Crippen molar-refractivity contribution >= 4 is 5.97 Å². The standard InChI is InChI=1S/C12H14O2/c1-2-5-10-8-9-6-3-4-7-11(9)14-12(10)13/h3-4,6-7,10H,2,5,8H2,1H3/t10-/m0/s1. The van der Waals surface area contributed by atoms with Gasteiger partial charge in [0.05, 0.1) is 5.92 Å². The molecule has 0 aliphatic carbocycles. The number of hydrogen-bond acceptors (Lipinski definition) is 2. The molecule has 0 spiro atoms. The first-order valence-electron chi connectivity index (χ1n) is 5.11. The molecule has 2 rings (SSSR count). The van der Waals surface area contributed by atoms with Gasteiger partial charge in [-0.2, -0.15) is 0 Å². The van der Waals surface area contributed by atoms with Crippen LogP contribution in [0.3, 0.4) is 0 Å². The molecule has 1 heterocycles. The van der Waals surface area contributed by atoms with Crippen LogP contribution in [0.4, 0.5) is 0 Å². The lowest BCUT2D eigenvalue weighted by Crippen LogP contribution is -2.27. The van der Waals surface area contributed by atoms with E-state index in [0.29, 0.717) is 0 Å². The number of rotatable bonds is 2. The molecule has 2 heteroatoms. The third-order valence-electron chi connectivity index (χ3n) is 2.62. The normalized spacial score (nSPS) is 20.1. The van der Waals surface area contributed by atoms with Crippen LogP contribution in [0.1, 0.15) is 25.3 Å². The zero-order valence-corrected chi connectivity index (χ0v) is 8.32. The molecular formula is C12H14O2. The Kier molecular flexibility index (Phi) is 2.53. The molecule has 0 radical (unpaired) electrons. The second-order valence-corrected chi connectivity index (χ2v) is 3.72. The van der Waals surface area contributed by atoms with Crippen molar-refractivity contribution < 1.29 is 9.53 Å². The number of esters is 1. The summed E-state index contributed by atoms with van der Waals surface area (Å²) in [5.41, 5.74) is 1.16. The average Bonchev–Trinajstić information content (AvgIpc) is 2.19. The van der Waals surface area contributed by atoms with E-state index in [9.17, 15) is 4.79 Å². The minimum absolute atomic E-state index is 0.0643. The lowest BCUT2D eigenvalue weighted by molar-refractivity contribution is -0.140. The van der Waals surface area contributed by atoms with Crippen molar-refractivity contribution in [3.05, 3.63) is 29.8 Å². The van der Waals surface area contributed by atoms with Crippen LogP contribution in [-0.4, -0.2) is 5.97 Å². The van der Waals surface area contributed by atoms with Crippen molar-refractivity contribution in [1.29, 1.82) is 0 Å². The van der Waals surface area contributed by atoms with Crippen LogP contribution in [0.5, 0.6) is 5.75 Å². The SMILES string of the molecule is CCC[C@H]1Cc2ccccc2OC1=O. The Morgan fingerprint density at radius 1 is 1.43 bits per heavy atom. The molecular weight excluding hydrogens is 176 g/mol. The minimum Gasteiger partial charge on any atom is -0.426 e. The number of ether oxygens (including phenoxy) is 1. The van der Waals surface area contributed by atoms with Crippen molar-refractivity contribution in [2.45, 2.75) is 26.2 Å². The zero-order valence-electron chi connectivity index (χ0n) is 8.32. The Morgan fingerprint density at radius 2 is 2.21 bits per heavy atom. The topological polar surface area (TPSA) is 26.3 Å². The molecule has 0 N–H and O–H groups in total. The molecule has 1 aliphatic rings. The molecule has 74 valence electrons. The van der Waals surface area contributed by atoms with Gasteiger partial charge in [0, 0.05) is 0 Å². The molecule has 1 atom stereocenters. The zero-order chi connectivity index (χ0) is 9.97. The van der Waals surface area contributed by atoms with E-state index in [2.05, 4.69) is 6.92 Å². The summed E-state index contributed by atoms with van der Waals surface area (Å²) in [6.45, 7) is 2.09. The van der Waals surface area contributed by atoms with E-state index in [4.69, 9.17) is 4.74 Å². The smallest absolute Gasteiger partial charge is 0.314 e.